The lowest BCUT2D eigenvalue weighted by molar-refractivity contribution is -0.282. The lowest BCUT2D eigenvalue weighted by Gasteiger charge is -2.40. The third kappa shape index (κ3) is 25.1. The van der Waals surface area contributed by atoms with Crippen molar-refractivity contribution in [3.8, 4) is 0 Å². The number of nitrogens with zero attached hydrogens (tertiary/aromatic N) is 3. The van der Waals surface area contributed by atoms with Crippen LogP contribution in [-0.4, -0.2) is 292 Å². The number of aliphatic hydroxyl groups excluding tert-OH is 10. The summed E-state index contributed by atoms with van der Waals surface area (Å²) >= 11 is 0. The van der Waals surface area contributed by atoms with Crippen LogP contribution in [0.1, 0.15) is 73.1 Å². The Morgan fingerprint density at radius 2 is 0.716 bits per heavy atom. The summed E-state index contributed by atoms with van der Waals surface area (Å²) in [6.07, 6.45) is -14.0. The maximum atomic E-state index is 13.6. The third-order valence-electron chi connectivity index (χ3n) is 13.7. The summed E-state index contributed by atoms with van der Waals surface area (Å²) < 4.78 is 85.8. The third-order valence-corrected chi connectivity index (χ3v) is 15.8. The molecule has 8 unspecified atom stereocenters. The molecule has 0 aromatic rings. The van der Waals surface area contributed by atoms with Crippen LogP contribution < -0.4 is 0 Å². The minimum absolute atomic E-state index is 0.0135. The molecule has 3 fully saturated rings. The van der Waals surface area contributed by atoms with Crippen molar-refractivity contribution in [2.75, 3.05) is 119 Å². The minimum atomic E-state index is -4.86. The molecular weight excluding hydrogens is 1130 g/mol. The van der Waals surface area contributed by atoms with Gasteiger partial charge in [-0.3, -0.25) is 32.5 Å². The normalized spacial score (nSPS) is 30.4. The van der Waals surface area contributed by atoms with Gasteiger partial charge >= 0.3 is 15.6 Å². The molecule has 3 rings (SSSR count). The molecule has 0 aliphatic carbocycles. The van der Waals surface area contributed by atoms with Crippen molar-refractivity contribution < 1.29 is 136 Å². The second kappa shape index (κ2) is 37.5. The summed E-state index contributed by atoms with van der Waals surface area (Å²) in [6, 6.07) is 0. The van der Waals surface area contributed by atoms with Crippen molar-refractivity contribution in [2.45, 2.75) is 153 Å². The quantitative estimate of drug-likeness (QED) is 0.0212. The van der Waals surface area contributed by atoms with Crippen molar-refractivity contribution in [1.82, 2.24) is 14.7 Å². The van der Waals surface area contributed by atoms with Crippen molar-refractivity contribution >= 4 is 33.4 Å². The van der Waals surface area contributed by atoms with E-state index in [-0.39, 0.29) is 116 Å². The lowest BCUT2D eigenvalue weighted by Crippen LogP contribution is -2.55. The number of phosphoric acid groups is 2. The minimum Gasteiger partial charge on any atom is -0.395 e. The molecule has 3 aliphatic heterocycles. The molecule has 0 aromatic heterocycles. The standard InChI is InChI=1S/C48H91N3O28P2/c1-30(2)69-22-13-50(38(57)10-7-20-71-47-32(4)41(60)44(63)35(28-54)78-47)15-24-74-81(67,68)76-26-17-51(39(58)11-8-21-72-48-33(5)42(61)45(64)36(29-55)79-48)16-25-75-80(65,66)73-23-14-49(12-18-52)37(56)9-6-19-70-46-31(3)40(59)43(62)34(27-53)77-46/h30-36,40-48,52-55,59-64H,6-29H2,1-5H3,(H,65,66)(H,67,68)/t31?,32?,33?,34?,35?,36?,40-,41-,42-,43+,44+,45+,46-,47-,48-/m1/s1. The molecule has 12 N–H and O–H groups in total. The van der Waals surface area contributed by atoms with Crippen molar-refractivity contribution in [3.63, 3.8) is 0 Å². The van der Waals surface area contributed by atoms with E-state index in [1.807, 2.05) is 0 Å². The highest BCUT2D eigenvalue weighted by Crippen LogP contribution is 2.44. The fourth-order valence-corrected chi connectivity index (χ4v) is 10.1. The Kier molecular flexibility index (Phi) is 33.9. The molecule has 3 saturated heterocycles. The van der Waals surface area contributed by atoms with Crippen LogP contribution in [0.5, 0.6) is 0 Å². The van der Waals surface area contributed by atoms with Gasteiger partial charge in [-0.2, -0.15) is 0 Å². The predicted octanol–water partition coefficient (Wildman–Crippen LogP) is -3.23. The van der Waals surface area contributed by atoms with Gasteiger partial charge in [0, 0.05) is 76.3 Å². The maximum absolute atomic E-state index is 13.6. The van der Waals surface area contributed by atoms with E-state index in [9.17, 15) is 84.4 Å². The lowest BCUT2D eigenvalue weighted by atomic mass is 9.92. The van der Waals surface area contributed by atoms with Gasteiger partial charge < -0.3 is 109 Å². The number of amides is 3. The number of hydrogen-bond donors (Lipinski definition) is 12. The highest BCUT2D eigenvalue weighted by Gasteiger charge is 2.45. The molecule has 0 radical (unpaired) electrons. The topological polar surface area (TPSA) is 439 Å². The molecule has 0 spiro atoms. The summed E-state index contributed by atoms with van der Waals surface area (Å²) in [5.74, 6) is -3.44. The summed E-state index contributed by atoms with van der Waals surface area (Å²) in [4.78, 5) is 64.6. The first-order valence-electron chi connectivity index (χ1n) is 27.3. The molecule has 3 aliphatic rings. The number of aliphatic hydroxyl groups is 10. The Morgan fingerprint density at radius 3 is 0.975 bits per heavy atom. The van der Waals surface area contributed by atoms with Gasteiger partial charge in [0.25, 0.3) is 0 Å². The van der Waals surface area contributed by atoms with Crippen LogP contribution in [0.15, 0.2) is 0 Å². The highest BCUT2D eigenvalue weighted by atomic mass is 31.2. The highest BCUT2D eigenvalue weighted by molar-refractivity contribution is 7.47. The second-order valence-corrected chi connectivity index (χ2v) is 23.1. The van der Waals surface area contributed by atoms with E-state index in [0.29, 0.717) is 0 Å². The molecule has 31 nitrogen and oxygen atoms in total. The molecule has 476 valence electrons. The Morgan fingerprint density at radius 1 is 0.444 bits per heavy atom. The van der Waals surface area contributed by atoms with Crippen LogP contribution in [0, 0.1) is 17.8 Å². The summed E-state index contributed by atoms with van der Waals surface area (Å²) in [6.45, 7) is 2.75. The van der Waals surface area contributed by atoms with Crippen LogP contribution in [-0.2, 0) is 74.8 Å². The summed E-state index contributed by atoms with van der Waals surface area (Å²) in [5.41, 5.74) is 0. The number of ether oxygens (including phenoxy) is 7. The SMILES string of the molecule is CC(C)OCCN(CCOP(=O)(O)OCCN(CCOP(=O)(O)OCCN(CCO)C(=O)CCCO[C@@H]1OC(CO)[C@H](O)[C@H](O)C1C)C(=O)CCCO[C@@H]1OC(CO)[C@H](O)[C@H](O)C1C)C(=O)CCCO[C@@H]1OC(CO)[C@H](O)[C@H](O)C1C. The maximum Gasteiger partial charge on any atom is 0.472 e. The fraction of sp³-hybridized carbons (Fsp3) is 0.938. The Hall–Kier alpha value is -2.05. The van der Waals surface area contributed by atoms with E-state index in [1.165, 1.54) is 9.80 Å². The first kappa shape index (κ1) is 73.2. The largest absolute Gasteiger partial charge is 0.472 e. The van der Waals surface area contributed by atoms with E-state index in [0.717, 1.165) is 4.90 Å². The number of hydrogen-bond acceptors (Lipinski definition) is 26. The summed E-state index contributed by atoms with van der Waals surface area (Å²) in [5, 5.41) is 99.4. The number of phosphoric ester groups is 2. The van der Waals surface area contributed by atoms with Gasteiger partial charge in [-0.1, -0.05) is 20.8 Å². The van der Waals surface area contributed by atoms with Crippen LogP contribution in [0.2, 0.25) is 0 Å². The predicted molar refractivity (Wildman–Crippen MR) is 278 cm³/mol. The molecule has 33 heteroatoms. The van der Waals surface area contributed by atoms with E-state index < -0.39 is 172 Å². The van der Waals surface area contributed by atoms with Crippen molar-refractivity contribution in [2.24, 2.45) is 17.8 Å². The summed E-state index contributed by atoms with van der Waals surface area (Å²) in [7, 11) is -9.70. The zero-order valence-corrected chi connectivity index (χ0v) is 48.6. The van der Waals surface area contributed by atoms with Gasteiger partial charge in [-0.05, 0) is 33.1 Å². The molecule has 0 aromatic carbocycles. The van der Waals surface area contributed by atoms with E-state index in [1.54, 1.807) is 34.6 Å². The number of carbonyl (C=O) groups excluding carboxylic acids is 3. The van der Waals surface area contributed by atoms with Gasteiger partial charge in [0.1, 0.15) is 36.6 Å². The first-order valence-corrected chi connectivity index (χ1v) is 30.3. The molecule has 3 heterocycles. The van der Waals surface area contributed by atoms with Crippen LogP contribution in [0.3, 0.4) is 0 Å². The van der Waals surface area contributed by atoms with Gasteiger partial charge in [0.05, 0.1) is 104 Å². The Bertz CT molecular complexity index is 1900. The zero-order chi connectivity index (χ0) is 60.5. The van der Waals surface area contributed by atoms with Crippen LogP contribution in [0.25, 0.3) is 0 Å². The fourth-order valence-electron chi connectivity index (χ4n) is 8.72. The van der Waals surface area contributed by atoms with Crippen molar-refractivity contribution in [1.29, 1.82) is 0 Å². The zero-order valence-electron chi connectivity index (χ0n) is 46.8. The van der Waals surface area contributed by atoms with Crippen LogP contribution >= 0.6 is 15.6 Å². The average Bonchev–Trinajstić information content (AvgIpc) is 3.43. The van der Waals surface area contributed by atoms with Gasteiger partial charge in [0.15, 0.2) is 18.9 Å². The first-order chi connectivity index (χ1) is 38.3. The van der Waals surface area contributed by atoms with Gasteiger partial charge in [-0.25, -0.2) is 9.13 Å². The average molecular weight is 1220 g/mol. The second-order valence-electron chi connectivity index (χ2n) is 20.2. The van der Waals surface area contributed by atoms with Gasteiger partial charge in [0.2, 0.25) is 17.7 Å². The smallest absolute Gasteiger partial charge is 0.395 e. The Balaban J connectivity index is 1.55. The molecule has 3 amide bonds. The van der Waals surface area contributed by atoms with Gasteiger partial charge in [-0.15, -0.1) is 0 Å². The molecule has 0 saturated carbocycles. The van der Waals surface area contributed by atoms with Crippen molar-refractivity contribution in [3.05, 3.63) is 0 Å². The molecule has 17 atom stereocenters. The number of rotatable bonds is 40. The van der Waals surface area contributed by atoms with E-state index in [2.05, 4.69) is 0 Å². The number of carbonyl (C=O) groups is 3. The monoisotopic (exact) mass is 1220 g/mol. The molecule has 0 bridgehead atoms. The molecular formula is C48H91N3O28P2. The van der Waals surface area contributed by atoms with E-state index >= 15 is 0 Å². The van der Waals surface area contributed by atoms with E-state index in [4.69, 9.17) is 51.3 Å². The van der Waals surface area contributed by atoms with Crippen LogP contribution in [0.4, 0.5) is 0 Å². The molecule has 81 heavy (non-hydrogen) atoms. The Labute approximate surface area is 472 Å².